The first-order chi connectivity index (χ1) is 12.2. The molecule has 3 aromatic rings. The summed E-state index contributed by atoms with van der Waals surface area (Å²) in [5.41, 5.74) is 2.93. The number of hydrogen-bond donors (Lipinski definition) is 1. The minimum atomic E-state index is 0.0877. The molecule has 2 heterocycles. The van der Waals surface area contributed by atoms with Crippen LogP contribution in [0.2, 0.25) is 5.02 Å². The van der Waals surface area contributed by atoms with Gasteiger partial charge < -0.3 is 14.8 Å². The fourth-order valence-electron chi connectivity index (χ4n) is 3.39. The molecule has 1 aliphatic rings. The predicted octanol–water partition coefficient (Wildman–Crippen LogP) is 3.39. The van der Waals surface area contributed by atoms with Crippen LogP contribution in [0.4, 0.5) is 0 Å². The standard InChI is InChI=1S/C20H20ClN3O/c21-17-6-7-18-16(12-17)13-19(20(25)23-10-8-22-9-11-23)24(18)14-15-4-2-1-3-5-15/h1-7,12-13,22H,8-11,14H2. The van der Waals surface area contributed by atoms with Crippen molar-refractivity contribution in [2.45, 2.75) is 6.54 Å². The second kappa shape index (κ2) is 6.90. The average molecular weight is 354 g/mol. The van der Waals surface area contributed by atoms with Crippen molar-refractivity contribution >= 4 is 28.4 Å². The number of benzene rings is 2. The maximum absolute atomic E-state index is 13.1. The summed E-state index contributed by atoms with van der Waals surface area (Å²) in [7, 11) is 0. The van der Waals surface area contributed by atoms with Gasteiger partial charge in [-0.1, -0.05) is 41.9 Å². The Hall–Kier alpha value is -2.30. The van der Waals surface area contributed by atoms with Gasteiger partial charge in [-0.2, -0.15) is 0 Å². The van der Waals surface area contributed by atoms with Crippen molar-refractivity contribution in [2.75, 3.05) is 26.2 Å². The first-order valence-corrected chi connectivity index (χ1v) is 8.93. The Morgan fingerprint density at radius 3 is 2.56 bits per heavy atom. The van der Waals surface area contributed by atoms with Crippen molar-refractivity contribution in [3.05, 3.63) is 70.9 Å². The molecule has 1 saturated heterocycles. The zero-order chi connectivity index (χ0) is 17.2. The van der Waals surface area contributed by atoms with Gasteiger partial charge in [-0.05, 0) is 29.8 Å². The third-order valence-electron chi connectivity index (χ3n) is 4.67. The molecule has 4 nitrogen and oxygen atoms in total. The molecule has 1 aromatic heterocycles. The van der Waals surface area contributed by atoms with Crippen LogP contribution in [0.25, 0.3) is 10.9 Å². The molecule has 0 unspecified atom stereocenters. The maximum Gasteiger partial charge on any atom is 0.270 e. The first kappa shape index (κ1) is 16.2. The van der Waals surface area contributed by atoms with Crippen molar-refractivity contribution in [1.29, 1.82) is 0 Å². The highest BCUT2D eigenvalue weighted by molar-refractivity contribution is 6.31. The van der Waals surface area contributed by atoms with Crippen molar-refractivity contribution in [2.24, 2.45) is 0 Å². The van der Waals surface area contributed by atoms with Crippen LogP contribution in [0.1, 0.15) is 16.1 Å². The molecule has 0 bridgehead atoms. The van der Waals surface area contributed by atoms with Crippen molar-refractivity contribution in [3.63, 3.8) is 0 Å². The Morgan fingerprint density at radius 2 is 1.80 bits per heavy atom. The number of carbonyl (C=O) groups excluding carboxylic acids is 1. The average Bonchev–Trinajstić information content (AvgIpc) is 3.00. The molecule has 1 N–H and O–H groups in total. The molecule has 1 amide bonds. The fraction of sp³-hybridized carbons (Fsp3) is 0.250. The van der Waals surface area contributed by atoms with Crippen LogP contribution in [0.3, 0.4) is 0 Å². The summed E-state index contributed by atoms with van der Waals surface area (Å²) in [5, 5.41) is 4.98. The fourth-order valence-corrected chi connectivity index (χ4v) is 3.57. The summed E-state index contributed by atoms with van der Waals surface area (Å²) in [4.78, 5) is 15.0. The highest BCUT2D eigenvalue weighted by atomic mass is 35.5. The highest BCUT2D eigenvalue weighted by Gasteiger charge is 2.22. The Balaban J connectivity index is 1.78. The van der Waals surface area contributed by atoms with Gasteiger partial charge in [0.2, 0.25) is 0 Å². The molecule has 2 aromatic carbocycles. The summed E-state index contributed by atoms with van der Waals surface area (Å²) in [6, 6.07) is 18.0. The Kier molecular flexibility index (Phi) is 4.47. The van der Waals surface area contributed by atoms with Gasteiger partial charge in [0.1, 0.15) is 5.69 Å². The Bertz CT molecular complexity index is 898. The number of nitrogens with one attached hydrogen (secondary N) is 1. The van der Waals surface area contributed by atoms with Gasteiger partial charge in [-0.15, -0.1) is 0 Å². The van der Waals surface area contributed by atoms with Gasteiger partial charge in [0.15, 0.2) is 0 Å². The number of amides is 1. The van der Waals surface area contributed by atoms with Gasteiger partial charge in [-0.25, -0.2) is 0 Å². The minimum Gasteiger partial charge on any atom is -0.335 e. The highest BCUT2D eigenvalue weighted by Crippen LogP contribution is 2.25. The number of rotatable bonds is 3. The molecule has 1 aliphatic heterocycles. The molecule has 4 rings (SSSR count). The molecule has 25 heavy (non-hydrogen) atoms. The van der Waals surface area contributed by atoms with E-state index >= 15 is 0 Å². The van der Waals surface area contributed by atoms with E-state index in [1.165, 1.54) is 5.56 Å². The molecule has 1 fully saturated rings. The smallest absolute Gasteiger partial charge is 0.270 e. The van der Waals surface area contributed by atoms with Gasteiger partial charge in [-0.3, -0.25) is 4.79 Å². The lowest BCUT2D eigenvalue weighted by atomic mass is 10.2. The molecule has 0 radical (unpaired) electrons. The summed E-state index contributed by atoms with van der Waals surface area (Å²) >= 11 is 6.16. The zero-order valence-electron chi connectivity index (χ0n) is 13.9. The number of piperazine rings is 1. The van der Waals surface area contributed by atoms with E-state index in [4.69, 9.17) is 11.6 Å². The van der Waals surface area contributed by atoms with E-state index in [0.717, 1.165) is 42.8 Å². The lowest BCUT2D eigenvalue weighted by Gasteiger charge is -2.27. The van der Waals surface area contributed by atoms with Crippen LogP contribution in [-0.4, -0.2) is 41.6 Å². The Labute approximate surface area is 152 Å². The normalized spacial score (nSPS) is 14.8. The van der Waals surface area contributed by atoms with Gasteiger partial charge >= 0.3 is 0 Å². The van der Waals surface area contributed by atoms with E-state index in [-0.39, 0.29) is 5.91 Å². The molecule has 128 valence electrons. The number of fused-ring (bicyclic) bond motifs is 1. The molecular formula is C20H20ClN3O. The lowest BCUT2D eigenvalue weighted by Crippen LogP contribution is -2.46. The molecule has 0 aliphatic carbocycles. The van der Waals surface area contributed by atoms with E-state index in [2.05, 4.69) is 22.0 Å². The van der Waals surface area contributed by atoms with Crippen LogP contribution < -0.4 is 5.32 Å². The summed E-state index contributed by atoms with van der Waals surface area (Å²) in [6.45, 7) is 3.84. The Morgan fingerprint density at radius 1 is 1.04 bits per heavy atom. The van der Waals surface area contributed by atoms with Crippen LogP contribution in [-0.2, 0) is 6.54 Å². The van der Waals surface area contributed by atoms with Crippen LogP contribution in [0, 0.1) is 0 Å². The van der Waals surface area contributed by atoms with Crippen LogP contribution in [0.15, 0.2) is 54.6 Å². The van der Waals surface area contributed by atoms with Crippen LogP contribution >= 0.6 is 11.6 Å². The summed E-state index contributed by atoms with van der Waals surface area (Å²) in [5.74, 6) is 0.0877. The second-order valence-corrected chi connectivity index (χ2v) is 6.78. The molecule has 0 atom stereocenters. The number of aromatic nitrogens is 1. The number of halogens is 1. The van der Waals surface area contributed by atoms with E-state index in [1.807, 2.05) is 47.4 Å². The van der Waals surface area contributed by atoms with E-state index in [9.17, 15) is 4.79 Å². The number of carbonyl (C=O) groups is 1. The van der Waals surface area contributed by atoms with Crippen molar-refractivity contribution in [1.82, 2.24) is 14.8 Å². The minimum absolute atomic E-state index is 0.0877. The quantitative estimate of drug-likeness (QED) is 0.783. The molecule has 0 spiro atoms. The molecule has 0 saturated carbocycles. The van der Waals surface area contributed by atoms with Gasteiger partial charge in [0.25, 0.3) is 5.91 Å². The molecular weight excluding hydrogens is 334 g/mol. The topological polar surface area (TPSA) is 37.3 Å². The summed E-state index contributed by atoms with van der Waals surface area (Å²) < 4.78 is 2.10. The second-order valence-electron chi connectivity index (χ2n) is 6.35. The van der Waals surface area contributed by atoms with Gasteiger partial charge in [0, 0.05) is 48.6 Å². The molecule has 5 heteroatoms. The zero-order valence-corrected chi connectivity index (χ0v) is 14.7. The van der Waals surface area contributed by atoms with Crippen molar-refractivity contribution in [3.8, 4) is 0 Å². The number of hydrogen-bond acceptors (Lipinski definition) is 2. The van der Waals surface area contributed by atoms with E-state index in [0.29, 0.717) is 11.6 Å². The first-order valence-electron chi connectivity index (χ1n) is 8.55. The lowest BCUT2D eigenvalue weighted by molar-refractivity contribution is 0.0726. The van der Waals surface area contributed by atoms with Crippen LogP contribution in [0.5, 0.6) is 0 Å². The maximum atomic E-state index is 13.1. The van der Waals surface area contributed by atoms with Gasteiger partial charge in [0.05, 0.1) is 0 Å². The van der Waals surface area contributed by atoms with E-state index in [1.54, 1.807) is 0 Å². The largest absolute Gasteiger partial charge is 0.335 e. The predicted molar refractivity (Wildman–Crippen MR) is 101 cm³/mol. The van der Waals surface area contributed by atoms with Crippen molar-refractivity contribution < 1.29 is 4.79 Å². The monoisotopic (exact) mass is 353 g/mol. The van der Waals surface area contributed by atoms with E-state index < -0.39 is 0 Å². The number of nitrogens with zero attached hydrogens (tertiary/aromatic N) is 2. The summed E-state index contributed by atoms with van der Waals surface area (Å²) in [6.07, 6.45) is 0. The third kappa shape index (κ3) is 3.28. The SMILES string of the molecule is O=C(c1cc2cc(Cl)ccc2n1Cc1ccccc1)N1CCNCC1. The third-order valence-corrected chi connectivity index (χ3v) is 4.91.